The number of thiazole rings is 1. The van der Waals surface area contributed by atoms with E-state index in [0.717, 1.165) is 5.01 Å². The Bertz CT molecular complexity index is 541. The summed E-state index contributed by atoms with van der Waals surface area (Å²) < 4.78 is 2.24. The minimum absolute atomic E-state index is 0.0281. The molecule has 0 radical (unpaired) electrons. The molecular weight excluding hydrogens is 200 g/mol. The normalized spacial score (nSPS) is 11.0. The monoisotopic (exact) mass is 210 g/mol. The van der Waals surface area contributed by atoms with E-state index in [9.17, 15) is 9.90 Å². The number of aryl methyl sites for hydroxylation is 2. The molecule has 0 aromatic carbocycles. The third kappa shape index (κ3) is 1.21. The predicted octanol–water partition coefficient (Wildman–Crippen LogP) is 1.49. The van der Waals surface area contributed by atoms with E-state index in [1.807, 2.05) is 13.8 Å². The van der Waals surface area contributed by atoms with Crippen LogP contribution in [0.5, 0.6) is 5.75 Å². The molecule has 14 heavy (non-hydrogen) atoms. The van der Waals surface area contributed by atoms with Crippen molar-refractivity contribution in [3.8, 4) is 5.75 Å². The maximum Gasteiger partial charge on any atom is 0.255 e. The number of rotatable bonds is 1. The Morgan fingerprint density at radius 2 is 2.36 bits per heavy atom. The lowest BCUT2D eigenvalue weighted by molar-refractivity contribution is 0.479. The summed E-state index contributed by atoms with van der Waals surface area (Å²) in [5.41, 5.74) is 0.378. The fraction of sp³-hybridized carbons (Fsp3) is 0.333. The highest BCUT2D eigenvalue weighted by Crippen LogP contribution is 2.28. The Kier molecular flexibility index (Phi) is 2.03. The molecule has 0 aliphatic heterocycles. The van der Waals surface area contributed by atoms with E-state index < -0.39 is 0 Å². The van der Waals surface area contributed by atoms with Gasteiger partial charge in [0, 0.05) is 12.6 Å². The summed E-state index contributed by atoms with van der Waals surface area (Å²) in [5.74, 6) is 0.0281. The first-order valence-electron chi connectivity index (χ1n) is 4.33. The minimum Gasteiger partial charge on any atom is -0.506 e. The Hall–Kier alpha value is -1.36. The van der Waals surface area contributed by atoms with Crippen LogP contribution >= 0.6 is 11.3 Å². The van der Waals surface area contributed by atoms with Crippen LogP contribution in [0.1, 0.15) is 11.9 Å². The zero-order valence-electron chi connectivity index (χ0n) is 7.94. The Balaban J connectivity index is 2.97. The third-order valence-electron chi connectivity index (χ3n) is 2.05. The van der Waals surface area contributed by atoms with Crippen molar-refractivity contribution in [3.05, 3.63) is 21.4 Å². The van der Waals surface area contributed by atoms with E-state index in [1.165, 1.54) is 17.4 Å². The van der Waals surface area contributed by atoms with Crippen molar-refractivity contribution in [2.24, 2.45) is 0 Å². The number of aromatic hydroxyl groups is 1. The zero-order chi connectivity index (χ0) is 10.3. The molecule has 0 saturated carbocycles. The summed E-state index contributed by atoms with van der Waals surface area (Å²) >= 11 is 1.40. The lowest BCUT2D eigenvalue weighted by Crippen LogP contribution is -2.18. The molecule has 2 aromatic heterocycles. The molecule has 0 aliphatic rings. The van der Waals surface area contributed by atoms with Gasteiger partial charge in [-0.1, -0.05) is 0 Å². The van der Waals surface area contributed by atoms with Gasteiger partial charge in [-0.2, -0.15) is 0 Å². The van der Waals surface area contributed by atoms with Crippen molar-refractivity contribution in [1.29, 1.82) is 0 Å². The second-order valence-electron chi connectivity index (χ2n) is 3.00. The highest BCUT2D eigenvalue weighted by atomic mass is 32.1. The zero-order valence-corrected chi connectivity index (χ0v) is 8.76. The third-order valence-corrected chi connectivity index (χ3v) is 3.03. The number of fused-ring (bicyclic) bond motifs is 1. The van der Waals surface area contributed by atoms with Gasteiger partial charge in [0.25, 0.3) is 5.56 Å². The first kappa shape index (κ1) is 9.21. The molecule has 74 valence electrons. The number of nitrogens with zero attached hydrogens (tertiary/aromatic N) is 2. The molecule has 2 aromatic rings. The Labute approximate surface area is 84.5 Å². The molecule has 5 heteroatoms. The van der Waals surface area contributed by atoms with Crippen molar-refractivity contribution < 1.29 is 5.11 Å². The number of pyridine rings is 1. The highest BCUT2D eigenvalue weighted by molar-refractivity contribution is 7.18. The predicted molar refractivity (Wildman–Crippen MR) is 56.0 cm³/mol. The second-order valence-corrected chi connectivity index (χ2v) is 4.20. The van der Waals surface area contributed by atoms with E-state index in [1.54, 1.807) is 4.57 Å². The van der Waals surface area contributed by atoms with Crippen molar-refractivity contribution in [1.82, 2.24) is 9.55 Å². The van der Waals surface area contributed by atoms with Crippen molar-refractivity contribution in [3.63, 3.8) is 0 Å². The number of hydrogen-bond donors (Lipinski definition) is 1. The fourth-order valence-electron chi connectivity index (χ4n) is 1.44. The van der Waals surface area contributed by atoms with Crippen LogP contribution in [0.4, 0.5) is 0 Å². The van der Waals surface area contributed by atoms with E-state index in [2.05, 4.69) is 4.98 Å². The molecular formula is C9H10N2O2S. The first-order chi connectivity index (χ1) is 6.63. The van der Waals surface area contributed by atoms with Gasteiger partial charge in [0.15, 0.2) is 5.65 Å². The topological polar surface area (TPSA) is 55.1 Å². The molecule has 0 aliphatic carbocycles. The fourth-order valence-corrected chi connectivity index (χ4v) is 2.27. The largest absolute Gasteiger partial charge is 0.506 e. The van der Waals surface area contributed by atoms with Crippen LogP contribution in [-0.2, 0) is 6.54 Å². The van der Waals surface area contributed by atoms with Crippen LogP contribution in [0.2, 0.25) is 0 Å². The van der Waals surface area contributed by atoms with Gasteiger partial charge in [-0.25, -0.2) is 4.98 Å². The van der Waals surface area contributed by atoms with Crippen LogP contribution in [0.3, 0.4) is 0 Å². The smallest absolute Gasteiger partial charge is 0.255 e. The molecule has 0 amide bonds. The van der Waals surface area contributed by atoms with Gasteiger partial charge in [-0.3, -0.25) is 9.36 Å². The van der Waals surface area contributed by atoms with Crippen molar-refractivity contribution >= 4 is 21.7 Å². The number of aromatic nitrogens is 2. The van der Waals surface area contributed by atoms with Crippen molar-refractivity contribution in [2.45, 2.75) is 20.4 Å². The van der Waals surface area contributed by atoms with Gasteiger partial charge in [0.2, 0.25) is 0 Å². The molecule has 0 unspecified atom stereocenters. The Morgan fingerprint density at radius 3 is 3.00 bits per heavy atom. The molecule has 0 atom stereocenters. The molecule has 4 nitrogen and oxygen atoms in total. The molecule has 0 bridgehead atoms. The summed E-state index contributed by atoms with van der Waals surface area (Å²) in [7, 11) is 0. The molecule has 0 fully saturated rings. The van der Waals surface area contributed by atoms with Gasteiger partial charge in [-0.15, -0.1) is 11.3 Å². The van der Waals surface area contributed by atoms with Gasteiger partial charge in [0.1, 0.15) is 10.4 Å². The van der Waals surface area contributed by atoms with E-state index in [0.29, 0.717) is 16.9 Å². The maximum absolute atomic E-state index is 11.5. The average Bonchev–Trinajstić information content (AvgIpc) is 2.48. The summed E-state index contributed by atoms with van der Waals surface area (Å²) in [6.07, 6.45) is 0. The van der Waals surface area contributed by atoms with Gasteiger partial charge in [0.05, 0.1) is 5.01 Å². The van der Waals surface area contributed by atoms with Gasteiger partial charge in [-0.05, 0) is 13.8 Å². The summed E-state index contributed by atoms with van der Waals surface area (Å²) in [6, 6.07) is 1.24. The van der Waals surface area contributed by atoms with Gasteiger partial charge >= 0.3 is 0 Å². The van der Waals surface area contributed by atoms with E-state index in [-0.39, 0.29) is 11.3 Å². The highest BCUT2D eigenvalue weighted by Gasteiger charge is 2.10. The molecule has 2 heterocycles. The lowest BCUT2D eigenvalue weighted by Gasteiger charge is -2.02. The standard InChI is InChI=1S/C9H10N2O2S/c1-3-11-7(13)4-6(12)8-9(11)10-5(2)14-8/h4,12H,3H2,1-2H3. The van der Waals surface area contributed by atoms with Crippen LogP contribution in [0, 0.1) is 6.92 Å². The van der Waals surface area contributed by atoms with Crippen LogP contribution in [0.15, 0.2) is 10.9 Å². The minimum atomic E-state index is -0.206. The Morgan fingerprint density at radius 1 is 1.64 bits per heavy atom. The lowest BCUT2D eigenvalue weighted by atomic mass is 10.4. The van der Waals surface area contributed by atoms with Crippen LogP contribution < -0.4 is 5.56 Å². The quantitative estimate of drug-likeness (QED) is 0.775. The average molecular weight is 210 g/mol. The molecule has 0 spiro atoms. The second kappa shape index (κ2) is 3.09. The van der Waals surface area contributed by atoms with E-state index in [4.69, 9.17) is 0 Å². The van der Waals surface area contributed by atoms with Gasteiger partial charge < -0.3 is 5.11 Å². The summed E-state index contributed by atoms with van der Waals surface area (Å²) in [4.78, 5) is 15.7. The molecule has 1 N–H and O–H groups in total. The van der Waals surface area contributed by atoms with Crippen LogP contribution in [0.25, 0.3) is 10.3 Å². The summed E-state index contributed by atoms with van der Waals surface area (Å²) in [6.45, 7) is 4.31. The first-order valence-corrected chi connectivity index (χ1v) is 5.15. The number of hydrogen-bond acceptors (Lipinski definition) is 4. The van der Waals surface area contributed by atoms with E-state index >= 15 is 0 Å². The summed E-state index contributed by atoms with van der Waals surface area (Å²) in [5, 5.41) is 10.4. The van der Waals surface area contributed by atoms with Crippen LogP contribution in [-0.4, -0.2) is 14.7 Å². The SMILES string of the molecule is CCn1c(=O)cc(O)c2sc(C)nc21. The van der Waals surface area contributed by atoms with Crippen molar-refractivity contribution in [2.75, 3.05) is 0 Å². The molecule has 0 saturated heterocycles. The molecule has 2 rings (SSSR count). The maximum atomic E-state index is 11.5.